The molecule has 2 aromatic heterocycles. The van der Waals surface area contributed by atoms with E-state index in [1.165, 1.54) is 5.56 Å². The number of benzene rings is 2. The van der Waals surface area contributed by atoms with Gasteiger partial charge in [0, 0.05) is 29.6 Å². The van der Waals surface area contributed by atoms with Crippen LogP contribution in [0.1, 0.15) is 17.8 Å². The number of aromatic nitrogens is 3. The predicted octanol–water partition coefficient (Wildman–Crippen LogP) is 4.52. The molecule has 0 amide bonds. The fourth-order valence-corrected chi connectivity index (χ4v) is 4.21. The largest absolute Gasteiger partial charge is 0.332 e. The van der Waals surface area contributed by atoms with Crippen LogP contribution >= 0.6 is 11.3 Å². The van der Waals surface area contributed by atoms with Crippen LogP contribution in [0.3, 0.4) is 0 Å². The van der Waals surface area contributed by atoms with Crippen molar-refractivity contribution in [1.82, 2.24) is 14.5 Å². The molecule has 4 aromatic rings. The van der Waals surface area contributed by atoms with Gasteiger partial charge in [-0.05, 0) is 31.5 Å². The molecule has 5 rings (SSSR count). The van der Waals surface area contributed by atoms with Crippen molar-refractivity contribution in [2.45, 2.75) is 26.3 Å². The first kappa shape index (κ1) is 16.2. The maximum atomic E-state index is 12.7. The molecule has 0 aliphatic carbocycles. The minimum absolute atomic E-state index is 0.0515. The van der Waals surface area contributed by atoms with E-state index in [9.17, 15) is 4.79 Å². The smallest absolute Gasteiger partial charge is 0.261 e. The van der Waals surface area contributed by atoms with E-state index in [0.717, 1.165) is 52.8 Å². The molecule has 0 unspecified atom stereocenters. The van der Waals surface area contributed by atoms with Crippen LogP contribution in [0.4, 0.5) is 10.8 Å². The Kier molecular flexibility index (Phi) is 3.79. The Morgan fingerprint density at radius 3 is 2.81 bits per heavy atom. The second kappa shape index (κ2) is 6.32. The van der Waals surface area contributed by atoms with Gasteiger partial charge >= 0.3 is 0 Å². The summed E-state index contributed by atoms with van der Waals surface area (Å²) in [4.78, 5) is 22.0. The fourth-order valence-electron chi connectivity index (χ4n) is 3.47. The van der Waals surface area contributed by atoms with Crippen LogP contribution in [0.5, 0.6) is 0 Å². The molecule has 2 aromatic carbocycles. The van der Waals surface area contributed by atoms with Gasteiger partial charge in [0.05, 0.1) is 16.6 Å². The van der Waals surface area contributed by atoms with Crippen molar-refractivity contribution in [3.05, 3.63) is 69.6 Å². The average molecular weight is 374 g/mol. The molecule has 0 saturated carbocycles. The molecular weight excluding hydrogens is 356 g/mol. The molecule has 1 aliphatic heterocycles. The van der Waals surface area contributed by atoms with Crippen LogP contribution in [-0.2, 0) is 13.0 Å². The molecule has 5 nitrogen and oxygen atoms in total. The lowest BCUT2D eigenvalue weighted by atomic mass is 10.1. The zero-order chi connectivity index (χ0) is 18.4. The summed E-state index contributed by atoms with van der Waals surface area (Å²) >= 11 is 1.55. The summed E-state index contributed by atoms with van der Waals surface area (Å²) < 4.78 is 1.80. The Balaban J connectivity index is 1.47. The van der Waals surface area contributed by atoms with E-state index in [2.05, 4.69) is 46.5 Å². The van der Waals surface area contributed by atoms with Crippen LogP contribution in [0, 0.1) is 6.92 Å². The van der Waals surface area contributed by atoms with Crippen LogP contribution in [0.25, 0.3) is 22.2 Å². The number of aryl methyl sites for hydroxylation is 2. The first-order valence-electron chi connectivity index (χ1n) is 9.00. The molecule has 0 fully saturated rings. The van der Waals surface area contributed by atoms with Gasteiger partial charge in [0.25, 0.3) is 5.56 Å². The number of fused-ring (bicyclic) bond motifs is 2. The molecular formula is C21H18N4OS. The second-order valence-corrected chi connectivity index (χ2v) is 7.71. The Bertz CT molecular complexity index is 1210. The van der Waals surface area contributed by atoms with E-state index >= 15 is 0 Å². The number of anilines is 2. The summed E-state index contributed by atoms with van der Waals surface area (Å²) in [6.45, 7) is 2.84. The van der Waals surface area contributed by atoms with E-state index in [4.69, 9.17) is 0 Å². The second-order valence-electron chi connectivity index (χ2n) is 6.85. The van der Waals surface area contributed by atoms with Crippen LogP contribution in [0.2, 0.25) is 0 Å². The minimum atomic E-state index is 0.0515. The zero-order valence-electron chi connectivity index (χ0n) is 14.9. The minimum Gasteiger partial charge on any atom is -0.332 e. The third-order valence-corrected chi connectivity index (χ3v) is 5.68. The van der Waals surface area contributed by atoms with Crippen molar-refractivity contribution >= 4 is 33.1 Å². The summed E-state index contributed by atoms with van der Waals surface area (Å²) in [6.07, 6.45) is 1.87. The molecule has 1 N–H and O–H groups in total. The first-order valence-corrected chi connectivity index (χ1v) is 9.88. The third-order valence-electron chi connectivity index (χ3n) is 4.92. The van der Waals surface area contributed by atoms with E-state index < -0.39 is 0 Å². The van der Waals surface area contributed by atoms with Gasteiger partial charge in [-0.15, -0.1) is 11.3 Å². The van der Waals surface area contributed by atoms with Gasteiger partial charge in [0.1, 0.15) is 5.82 Å². The molecule has 0 radical (unpaired) electrons. The quantitative estimate of drug-likeness (QED) is 0.573. The Hall–Kier alpha value is -2.99. The summed E-state index contributed by atoms with van der Waals surface area (Å²) in [7, 11) is 0. The van der Waals surface area contributed by atoms with Gasteiger partial charge in [-0.1, -0.05) is 29.8 Å². The van der Waals surface area contributed by atoms with Crippen molar-refractivity contribution in [3.63, 3.8) is 0 Å². The number of thiazole rings is 1. The van der Waals surface area contributed by atoms with Gasteiger partial charge in [-0.2, -0.15) is 0 Å². The number of hydrogen-bond donors (Lipinski definition) is 1. The molecule has 3 heterocycles. The van der Waals surface area contributed by atoms with Crippen molar-refractivity contribution in [2.75, 3.05) is 5.32 Å². The lowest BCUT2D eigenvalue weighted by Crippen LogP contribution is -2.20. The monoisotopic (exact) mass is 374 g/mol. The van der Waals surface area contributed by atoms with Gasteiger partial charge in [0.15, 0.2) is 5.13 Å². The maximum Gasteiger partial charge on any atom is 0.261 e. The number of rotatable bonds is 3. The van der Waals surface area contributed by atoms with Crippen LogP contribution in [-0.4, -0.2) is 14.5 Å². The number of hydrogen-bond acceptors (Lipinski definition) is 5. The lowest BCUT2D eigenvalue weighted by molar-refractivity contribution is 0.719. The van der Waals surface area contributed by atoms with Crippen molar-refractivity contribution < 1.29 is 0 Å². The number of nitrogens with zero attached hydrogens (tertiary/aromatic N) is 3. The summed E-state index contributed by atoms with van der Waals surface area (Å²) in [5, 5.41) is 6.82. The van der Waals surface area contributed by atoms with Gasteiger partial charge in [-0.25, -0.2) is 9.97 Å². The Morgan fingerprint density at radius 2 is 1.96 bits per heavy atom. The summed E-state index contributed by atoms with van der Waals surface area (Å²) in [5.74, 6) is 0.899. The van der Waals surface area contributed by atoms with Crippen LogP contribution in [0.15, 0.2) is 52.6 Å². The predicted molar refractivity (Wildman–Crippen MR) is 110 cm³/mol. The van der Waals surface area contributed by atoms with E-state index in [1.807, 2.05) is 23.6 Å². The highest BCUT2D eigenvalue weighted by Crippen LogP contribution is 2.28. The number of nitrogens with one attached hydrogen (secondary N) is 1. The molecule has 6 heteroatoms. The zero-order valence-corrected chi connectivity index (χ0v) is 15.7. The highest BCUT2D eigenvalue weighted by molar-refractivity contribution is 7.14. The highest BCUT2D eigenvalue weighted by atomic mass is 32.1. The SMILES string of the molecule is Cc1ccc(-c2csc(Nc3ccc4nc5n(c(=O)c4c3)CCC5)n2)cc1. The normalized spacial score (nSPS) is 13.1. The maximum absolute atomic E-state index is 12.7. The fraction of sp³-hybridized carbons (Fsp3) is 0.190. The van der Waals surface area contributed by atoms with Crippen LogP contribution < -0.4 is 10.9 Å². The van der Waals surface area contributed by atoms with Gasteiger partial charge < -0.3 is 5.32 Å². The molecule has 27 heavy (non-hydrogen) atoms. The molecule has 0 bridgehead atoms. The third kappa shape index (κ3) is 2.92. The molecule has 0 saturated heterocycles. The summed E-state index contributed by atoms with van der Waals surface area (Å²) in [6, 6.07) is 14.1. The van der Waals surface area contributed by atoms with Crippen molar-refractivity contribution in [1.29, 1.82) is 0 Å². The van der Waals surface area contributed by atoms with E-state index in [-0.39, 0.29) is 5.56 Å². The van der Waals surface area contributed by atoms with Crippen molar-refractivity contribution in [3.8, 4) is 11.3 Å². The topological polar surface area (TPSA) is 59.8 Å². The van der Waals surface area contributed by atoms with Gasteiger partial charge in [0.2, 0.25) is 0 Å². The molecule has 0 spiro atoms. The average Bonchev–Trinajstić information content (AvgIpc) is 3.33. The Labute approximate surface area is 160 Å². The molecule has 1 aliphatic rings. The highest BCUT2D eigenvalue weighted by Gasteiger charge is 2.16. The standard InChI is InChI=1S/C21H18N4OS/c1-13-4-6-14(7-5-13)18-12-27-21(24-18)22-15-8-9-17-16(11-15)20(26)25-10-2-3-19(25)23-17/h4-9,11-12H,2-3,10H2,1H3,(H,22,24). The van der Waals surface area contributed by atoms with E-state index in [1.54, 1.807) is 15.9 Å². The Morgan fingerprint density at radius 1 is 1.11 bits per heavy atom. The lowest BCUT2D eigenvalue weighted by Gasteiger charge is -2.07. The van der Waals surface area contributed by atoms with Gasteiger partial charge in [-0.3, -0.25) is 9.36 Å². The molecule has 0 atom stereocenters. The van der Waals surface area contributed by atoms with Crippen molar-refractivity contribution in [2.24, 2.45) is 0 Å². The summed E-state index contributed by atoms with van der Waals surface area (Å²) in [5.41, 5.74) is 4.94. The first-order chi connectivity index (χ1) is 13.2. The van der Waals surface area contributed by atoms with E-state index in [0.29, 0.717) is 5.39 Å². The molecule has 134 valence electrons.